The number of hydrogen-bond donors (Lipinski definition) is 0. The lowest BCUT2D eigenvalue weighted by atomic mass is 9.97. The fraction of sp³-hybridized carbons (Fsp3) is 0.400. The summed E-state index contributed by atoms with van der Waals surface area (Å²) < 4.78 is 2.90. The number of hydrogen-bond acceptors (Lipinski definition) is 4. The molecular formula is C20H22ClN5O2. The number of piperidine rings is 1. The van der Waals surface area contributed by atoms with Crippen molar-refractivity contribution in [2.24, 2.45) is 0 Å². The highest BCUT2D eigenvalue weighted by Crippen LogP contribution is 2.23. The van der Waals surface area contributed by atoms with E-state index in [2.05, 4.69) is 23.9 Å². The van der Waals surface area contributed by atoms with Gasteiger partial charge in [-0.1, -0.05) is 23.7 Å². The number of benzene rings is 1. The largest absolute Gasteiger partial charge is 0.336 e. The maximum absolute atomic E-state index is 12.9. The molecule has 0 spiro atoms. The summed E-state index contributed by atoms with van der Waals surface area (Å²) in [6.07, 6.45) is 6.00. The van der Waals surface area contributed by atoms with Crippen LogP contribution in [0, 0.1) is 0 Å². The van der Waals surface area contributed by atoms with E-state index in [-0.39, 0.29) is 30.1 Å². The lowest BCUT2D eigenvalue weighted by Gasteiger charge is -2.39. The van der Waals surface area contributed by atoms with Crippen molar-refractivity contribution < 1.29 is 4.79 Å². The smallest absolute Gasteiger partial charge is 0.264 e. The number of halogens is 1. The topological polar surface area (TPSA) is 73.0 Å². The van der Waals surface area contributed by atoms with Gasteiger partial charge in [0.25, 0.3) is 5.56 Å². The quantitative estimate of drug-likeness (QED) is 0.678. The first-order valence-corrected chi connectivity index (χ1v) is 9.84. The number of amides is 1. The molecule has 7 nitrogen and oxygen atoms in total. The molecule has 4 rings (SSSR count). The van der Waals surface area contributed by atoms with Crippen molar-refractivity contribution in [3.8, 4) is 5.69 Å². The van der Waals surface area contributed by atoms with Crippen molar-refractivity contribution >= 4 is 28.5 Å². The number of likely N-dealkylation sites (tertiary alicyclic amines) is 1. The minimum Gasteiger partial charge on any atom is -0.336 e. The highest BCUT2D eigenvalue weighted by atomic mass is 35.5. The van der Waals surface area contributed by atoms with Crippen LogP contribution >= 0.6 is 11.6 Å². The van der Waals surface area contributed by atoms with Crippen LogP contribution < -0.4 is 5.56 Å². The highest BCUT2D eigenvalue weighted by Gasteiger charge is 2.29. The van der Waals surface area contributed by atoms with E-state index < -0.39 is 0 Å². The van der Waals surface area contributed by atoms with E-state index in [4.69, 9.17) is 11.6 Å². The molecule has 2 aromatic heterocycles. The molecule has 28 heavy (non-hydrogen) atoms. The first-order chi connectivity index (χ1) is 13.5. The van der Waals surface area contributed by atoms with Gasteiger partial charge in [0.2, 0.25) is 5.91 Å². The molecule has 146 valence electrons. The summed E-state index contributed by atoms with van der Waals surface area (Å²) >= 11 is 6.25. The zero-order valence-corrected chi connectivity index (χ0v) is 16.6. The normalized spacial score (nSPS) is 19.9. The molecule has 2 atom stereocenters. The molecule has 2 unspecified atom stereocenters. The van der Waals surface area contributed by atoms with E-state index in [0.717, 1.165) is 19.3 Å². The first-order valence-electron chi connectivity index (χ1n) is 9.46. The van der Waals surface area contributed by atoms with Crippen molar-refractivity contribution in [1.29, 1.82) is 0 Å². The van der Waals surface area contributed by atoms with Crippen LogP contribution in [0.15, 0.2) is 41.6 Å². The second-order valence-corrected chi connectivity index (χ2v) is 7.76. The molecule has 1 saturated heterocycles. The molecule has 0 bridgehead atoms. The van der Waals surface area contributed by atoms with Gasteiger partial charge in [0.1, 0.15) is 18.3 Å². The SMILES string of the molecule is CC1CCCC(C)N1C(=O)Cn1cnc2c(cnn2-c2ccccc2Cl)c1=O. The van der Waals surface area contributed by atoms with Crippen molar-refractivity contribution in [3.63, 3.8) is 0 Å². The van der Waals surface area contributed by atoms with Gasteiger partial charge in [-0.05, 0) is 45.2 Å². The Morgan fingerprint density at radius 1 is 1.21 bits per heavy atom. The predicted molar refractivity (Wildman–Crippen MR) is 108 cm³/mol. The second kappa shape index (κ2) is 7.39. The summed E-state index contributed by atoms with van der Waals surface area (Å²) in [5.41, 5.74) is 0.784. The molecule has 0 N–H and O–H groups in total. The van der Waals surface area contributed by atoms with Crippen LogP contribution in [0.1, 0.15) is 33.1 Å². The van der Waals surface area contributed by atoms with Crippen LogP contribution in [0.25, 0.3) is 16.7 Å². The highest BCUT2D eigenvalue weighted by molar-refractivity contribution is 6.32. The maximum atomic E-state index is 12.9. The van der Waals surface area contributed by atoms with Gasteiger partial charge < -0.3 is 4.90 Å². The summed E-state index contributed by atoms with van der Waals surface area (Å²) in [5.74, 6) is -0.0542. The first kappa shape index (κ1) is 18.7. The Kier molecular flexibility index (Phi) is 4.93. The molecule has 0 saturated carbocycles. The predicted octanol–water partition coefficient (Wildman–Crippen LogP) is 3.03. The zero-order valence-electron chi connectivity index (χ0n) is 15.9. The maximum Gasteiger partial charge on any atom is 0.264 e. The minimum absolute atomic E-state index is 0.0201. The van der Waals surface area contributed by atoms with Crippen LogP contribution in [0.4, 0.5) is 0 Å². The van der Waals surface area contributed by atoms with Gasteiger partial charge in [0.05, 0.1) is 16.9 Å². The van der Waals surface area contributed by atoms with Gasteiger partial charge >= 0.3 is 0 Å². The van der Waals surface area contributed by atoms with Crippen molar-refractivity contribution in [2.45, 2.75) is 51.7 Å². The average molecular weight is 400 g/mol. The average Bonchev–Trinajstić information content (AvgIpc) is 3.09. The number of carbonyl (C=O) groups is 1. The van der Waals surface area contributed by atoms with Crippen LogP contribution in [0.3, 0.4) is 0 Å². The Bertz CT molecular complexity index is 1080. The van der Waals surface area contributed by atoms with Crippen LogP contribution in [-0.2, 0) is 11.3 Å². The zero-order chi connectivity index (χ0) is 19.8. The molecule has 1 aliphatic rings. The van der Waals surface area contributed by atoms with Gasteiger partial charge in [-0.3, -0.25) is 14.2 Å². The molecule has 8 heteroatoms. The summed E-state index contributed by atoms with van der Waals surface area (Å²) in [7, 11) is 0. The minimum atomic E-state index is -0.283. The summed E-state index contributed by atoms with van der Waals surface area (Å²) in [5, 5.41) is 5.15. The fourth-order valence-electron chi connectivity index (χ4n) is 4.00. The van der Waals surface area contributed by atoms with E-state index >= 15 is 0 Å². The fourth-order valence-corrected chi connectivity index (χ4v) is 4.22. The molecule has 3 aromatic rings. The van der Waals surface area contributed by atoms with Gasteiger partial charge in [0, 0.05) is 12.1 Å². The van der Waals surface area contributed by atoms with Gasteiger partial charge in [-0.15, -0.1) is 0 Å². The summed E-state index contributed by atoms with van der Waals surface area (Å²) in [4.78, 5) is 32.0. The Balaban J connectivity index is 1.67. The van der Waals surface area contributed by atoms with E-state index in [1.54, 1.807) is 10.7 Å². The Morgan fingerprint density at radius 2 is 1.93 bits per heavy atom. The monoisotopic (exact) mass is 399 g/mol. The van der Waals surface area contributed by atoms with Gasteiger partial charge in [-0.2, -0.15) is 5.10 Å². The lowest BCUT2D eigenvalue weighted by Crippen LogP contribution is -2.49. The number of nitrogens with zero attached hydrogens (tertiary/aromatic N) is 5. The van der Waals surface area contributed by atoms with E-state index in [1.807, 2.05) is 23.1 Å². The number of rotatable bonds is 3. The molecular weight excluding hydrogens is 378 g/mol. The molecule has 1 aromatic carbocycles. The summed E-state index contributed by atoms with van der Waals surface area (Å²) in [6, 6.07) is 7.61. The number of para-hydroxylation sites is 1. The number of carbonyl (C=O) groups excluding carboxylic acids is 1. The van der Waals surface area contributed by atoms with Crippen molar-refractivity contribution in [2.75, 3.05) is 0 Å². The molecule has 1 aliphatic heterocycles. The molecule has 0 aliphatic carbocycles. The van der Waals surface area contributed by atoms with E-state index in [9.17, 15) is 9.59 Å². The third kappa shape index (κ3) is 3.20. The lowest BCUT2D eigenvalue weighted by molar-refractivity contribution is -0.138. The van der Waals surface area contributed by atoms with Crippen LogP contribution in [0.2, 0.25) is 5.02 Å². The third-order valence-electron chi connectivity index (χ3n) is 5.42. The molecule has 3 heterocycles. The van der Waals surface area contributed by atoms with E-state index in [1.165, 1.54) is 17.1 Å². The Labute approximate surface area is 167 Å². The summed E-state index contributed by atoms with van der Waals surface area (Å²) in [6.45, 7) is 4.10. The Hall–Kier alpha value is -2.67. The number of aromatic nitrogens is 4. The third-order valence-corrected chi connectivity index (χ3v) is 5.74. The molecule has 1 fully saturated rings. The van der Waals surface area contributed by atoms with Crippen molar-refractivity contribution in [1.82, 2.24) is 24.2 Å². The van der Waals surface area contributed by atoms with E-state index in [0.29, 0.717) is 21.7 Å². The second-order valence-electron chi connectivity index (χ2n) is 7.35. The standard InChI is InChI=1S/C20H22ClN5O2/c1-13-6-5-7-14(2)25(13)18(27)11-24-12-22-19-15(20(24)28)10-23-26(19)17-9-4-3-8-16(17)21/h3-4,8-10,12-14H,5-7,11H2,1-2H3. The Morgan fingerprint density at radius 3 is 2.64 bits per heavy atom. The van der Waals surface area contributed by atoms with Gasteiger partial charge in [0.15, 0.2) is 5.65 Å². The van der Waals surface area contributed by atoms with Crippen LogP contribution in [0.5, 0.6) is 0 Å². The molecule has 1 amide bonds. The number of fused-ring (bicyclic) bond motifs is 1. The van der Waals surface area contributed by atoms with Crippen LogP contribution in [-0.4, -0.2) is 42.2 Å². The van der Waals surface area contributed by atoms with Crippen molar-refractivity contribution in [3.05, 3.63) is 52.2 Å². The molecule has 0 radical (unpaired) electrons. The van der Waals surface area contributed by atoms with Gasteiger partial charge in [-0.25, -0.2) is 9.67 Å².